The van der Waals surface area contributed by atoms with E-state index in [0.717, 1.165) is 42.6 Å². The first-order valence-electron chi connectivity index (χ1n) is 8.81. The Bertz CT molecular complexity index is 679. The average molecular weight is 343 g/mol. The Kier molecular flexibility index (Phi) is 7.32. The van der Waals surface area contributed by atoms with Gasteiger partial charge in [0.15, 0.2) is 5.96 Å². The van der Waals surface area contributed by atoms with Crippen molar-refractivity contribution in [3.63, 3.8) is 0 Å². The van der Waals surface area contributed by atoms with Crippen LogP contribution in [0.15, 0.2) is 35.3 Å². The molecule has 0 saturated heterocycles. The molecule has 0 fully saturated rings. The Hall–Kier alpha value is -2.50. The minimum atomic E-state index is 0.626. The summed E-state index contributed by atoms with van der Waals surface area (Å²) < 4.78 is 7.60. The highest BCUT2D eigenvalue weighted by Crippen LogP contribution is 2.12. The van der Waals surface area contributed by atoms with Gasteiger partial charge in [0.05, 0.1) is 18.8 Å². The predicted octanol–water partition coefficient (Wildman–Crippen LogP) is 2.56. The molecule has 25 heavy (non-hydrogen) atoms. The molecule has 6 heteroatoms. The molecule has 0 unspecified atom stereocenters. The zero-order chi connectivity index (χ0) is 18.1. The molecule has 0 saturated carbocycles. The van der Waals surface area contributed by atoms with E-state index < -0.39 is 0 Å². The van der Waals surface area contributed by atoms with Gasteiger partial charge in [-0.3, -0.25) is 4.68 Å². The summed E-state index contributed by atoms with van der Waals surface area (Å²) in [5, 5.41) is 11.1. The molecule has 0 spiro atoms. The van der Waals surface area contributed by atoms with Crippen LogP contribution in [0.4, 0.5) is 0 Å². The maximum absolute atomic E-state index is 5.70. The largest absolute Gasteiger partial charge is 0.494 e. The van der Waals surface area contributed by atoms with Gasteiger partial charge in [0.1, 0.15) is 5.75 Å². The van der Waals surface area contributed by atoms with Gasteiger partial charge in [-0.25, -0.2) is 4.99 Å². The van der Waals surface area contributed by atoms with Crippen LogP contribution in [0.3, 0.4) is 0 Å². The predicted molar refractivity (Wildman–Crippen MR) is 102 cm³/mol. The summed E-state index contributed by atoms with van der Waals surface area (Å²) in [5.74, 6) is 1.73. The monoisotopic (exact) mass is 343 g/mol. The molecule has 1 aromatic heterocycles. The van der Waals surface area contributed by atoms with Gasteiger partial charge in [-0.2, -0.15) is 5.10 Å². The summed E-state index contributed by atoms with van der Waals surface area (Å²) in [6.45, 7) is 9.11. The fourth-order valence-corrected chi connectivity index (χ4v) is 2.53. The van der Waals surface area contributed by atoms with Crippen LogP contribution in [0.1, 0.15) is 30.3 Å². The van der Waals surface area contributed by atoms with Crippen LogP contribution in [0, 0.1) is 13.8 Å². The molecule has 2 rings (SSSR count). The van der Waals surface area contributed by atoms with Gasteiger partial charge in [-0.05, 0) is 39.3 Å². The second kappa shape index (κ2) is 9.71. The van der Waals surface area contributed by atoms with Gasteiger partial charge in [-0.1, -0.05) is 18.2 Å². The van der Waals surface area contributed by atoms with Gasteiger partial charge >= 0.3 is 0 Å². The minimum absolute atomic E-state index is 0.626. The maximum Gasteiger partial charge on any atom is 0.191 e. The van der Waals surface area contributed by atoms with Gasteiger partial charge in [0.25, 0.3) is 0 Å². The molecular weight excluding hydrogens is 314 g/mol. The highest BCUT2D eigenvalue weighted by atomic mass is 16.5. The first-order valence-corrected chi connectivity index (χ1v) is 8.81. The first kappa shape index (κ1) is 18.8. The number of hydrogen-bond acceptors (Lipinski definition) is 3. The van der Waals surface area contributed by atoms with Gasteiger partial charge in [0.2, 0.25) is 0 Å². The molecule has 1 aromatic carbocycles. The topological polar surface area (TPSA) is 63.5 Å². The number of guanidine groups is 1. The SMILES string of the molecule is CCNC(=NCc1c(C)nn(C)c1C)NCCCOc1ccccc1. The molecule has 0 aliphatic rings. The summed E-state index contributed by atoms with van der Waals surface area (Å²) in [6, 6.07) is 9.88. The van der Waals surface area contributed by atoms with Crippen molar-refractivity contribution in [1.82, 2.24) is 20.4 Å². The van der Waals surface area contributed by atoms with Crippen molar-refractivity contribution in [3.8, 4) is 5.75 Å². The van der Waals surface area contributed by atoms with Crippen molar-refractivity contribution < 1.29 is 4.74 Å². The molecule has 2 aromatic rings. The highest BCUT2D eigenvalue weighted by molar-refractivity contribution is 5.79. The molecule has 0 aliphatic heterocycles. The Balaban J connectivity index is 1.79. The number of para-hydroxylation sites is 1. The minimum Gasteiger partial charge on any atom is -0.494 e. The number of nitrogens with zero attached hydrogens (tertiary/aromatic N) is 3. The normalized spacial score (nSPS) is 11.4. The quantitative estimate of drug-likeness (QED) is 0.439. The summed E-state index contributed by atoms with van der Waals surface area (Å²) in [5.41, 5.74) is 3.39. The zero-order valence-electron chi connectivity index (χ0n) is 15.7. The standard InChI is InChI=1S/C19H29N5O/c1-5-20-19(22-14-18-15(2)23-24(4)16(18)3)21-12-9-13-25-17-10-7-6-8-11-17/h6-8,10-11H,5,9,12-14H2,1-4H3,(H2,20,21,22). The number of hydrogen-bond donors (Lipinski definition) is 2. The molecule has 0 atom stereocenters. The number of ether oxygens (including phenoxy) is 1. The number of aliphatic imine (C=N–C) groups is 1. The number of aryl methyl sites for hydroxylation is 2. The highest BCUT2D eigenvalue weighted by Gasteiger charge is 2.08. The third kappa shape index (κ3) is 5.81. The first-order chi connectivity index (χ1) is 12.1. The number of rotatable bonds is 8. The van der Waals surface area contributed by atoms with Crippen LogP contribution in [-0.2, 0) is 13.6 Å². The lowest BCUT2D eigenvalue weighted by atomic mass is 10.2. The second-order valence-corrected chi connectivity index (χ2v) is 5.91. The van der Waals surface area contributed by atoms with Crippen molar-refractivity contribution in [2.45, 2.75) is 33.7 Å². The van der Waals surface area contributed by atoms with E-state index in [0.29, 0.717) is 13.2 Å². The fourth-order valence-electron chi connectivity index (χ4n) is 2.53. The molecule has 0 amide bonds. The third-order valence-corrected chi connectivity index (χ3v) is 4.02. The van der Waals surface area contributed by atoms with Crippen LogP contribution in [0.2, 0.25) is 0 Å². The van der Waals surface area contributed by atoms with Crippen molar-refractivity contribution in [3.05, 3.63) is 47.3 Å². The smallest absolute Gasteiger partial charge is 0.191 e. The molecule has 0 bridgehead atoms. The van der Waals surface area contributed by atoms with Gasteiger partial charge in [-0.15, -0.1) is 0 Å². The van der Waals surface area contributed by atoms with Crippen LogP contribution < -0.4 is 15.4 Å². The third-order valence-electron chi connectivity index (χ3n) is 4.02. The summed E-state index contributed by atoms with van der Waals surface area (Å²) in [7, 11) is 1.96. The van der Waals surface area contributed by atoms with Crippen LogP contribution in [0.25, 0.3) is 0 Å². The van der Waals surface area contributed by atoms with Gasteiger partial charge < -0.3 is 15.4 Å². The lowest BCUT2D eigenvalue weighted by Crippen LogP contribution is -2.38. The molecule has 6 nitrogen and oxygen atoms in total. The van der Waals surface area contributed by atoms with Crippen LogP contribution in [-0.4, -0.2) is 35.4 Å². The summed E-state index contributed by atoms with van der Waals surface area (Å²) in [6.07, 6.45) is 0.907. The van der Waals surface area contributed by atoms with Crippen LogP contribution in [0.5, 0.6) is 5.75 Å². The Morgan fingerprint density at radius 2 is 1.96 bits per heavy atom. The average Bonchev–Trinajstić information content (AvgIpc) is 2.85. The number of benzene rings is 1. The lowest BCUT2D eigenvalue weighted by Gasteiger charge is -2.12. The Morgan fingerprint density at radius 3 is 2.60 bits per heavy atom. The van der Waals surface area contributed by atoms with E-state index in [1.807, 2.05) is 49.0 Å². The maximum atomic E-state index is 5.70. The summed E-state index contributed by atoms with van der Waals surface area (Å²) in [4.78, 5) is 4.67. The van der Waals surface area contributed by atoms with Gasteiger partial charge in [0, 0.05) is 31.4 Å². The van der Waals surface area contributed by atoms with E-state index >= 15 is 0 Å². The van der Waals surface area contributed by atoms with E-state index in [2.05, 4.69) is 34.6 Å². The molecule has 2 N–H and O–H groups in total. The molecular formula is C19H29N5O. The fraction of sp³-hybridized carbons (Fsp3) is 0.474. The van der Waals surface area contributed by atoms with Crippen molar-refractivity contribution >= 4 is 5.96 Å². The van der Waals surface area contributed by atoms with E-state index in [-0.39, 0.29) is 0 Å². The van der Waals surface area contributed by atoms with Crippen molar-refractivity contribution in [2.75, 3.05) is 19.7 Å². The number of aromatic nitrogens is 2. The van der Waals surface area contributed by atoms with E-state index in [4.69, 9.17) is 4.74 Å². The van der Waals surface area contributed by atoms with Crippen molar-refractivity contribution in [1.29, 1.82) is 0 Å². The van der Waals surface area contributed by atoms with Crippen molar-refractivity contribution in [2.24, 2.45) is 12.0 Å². The van der Waals surface area contributed by atoms with Crippen LogP contribution >= 0.6 is 0 Å². The lowest BCUT2D eigenvalue weighted by molar-refractivity contribution is 0.311. The molecule has 1 heterocycles. The number of nitrogens with one attached hydrogen (secondary N) is 2. The van der Waals surface area contributed by atoms with E-state index in [1.54, 1.807) is 0 Å². The molecule has 0 aliphatic carbocycles. The Labute approximate surface area is 150 Å². The Morgan fingerprint density at radius 1 is 1.20 bits per heavy atom. The molecule has 136 valence electrons. The molecule has 0 radical (unpaired) electrons. The zero-order valence-corrected chi connectivity index (χ0v) is 15.7. The van der Waals surface area contributed by atoms with E-state index in [9.17, 15) is 0 Å². The van der Waals surface area contributed by atoms with E-state index in [1.165, 1.54) is 5.56 Å². The second-order valence-electron chi connectivity index (χ2n) is 5.91. The summed E-state index contributed by atoms with van der Waals surface area (Å²) >= 11 is 0.